The van der Waals surface area contributed by atoms with Crippen molar-refractivity contribution in [1.29, 1.82) is 0 Å². The molecule has 24 heavy (non-hydrogen) atoms. The molecule has 0 aliphatic carbocycles. The van der Waals surface area contributed by atoms with Crippen molar-refractivity contribution >= 4 is 23.2 Å². The maximum atomic E-state index is 12.3. The third-order valence-corrected chi connectivity index (χ3v) is 5.58. The van der Waals surface area contributed by atoms with Crippen LogP contribution in [-0.2, 0) is 4.74 Å². The molecule has 0 unspecified atom stereocenters. The Morgan fingerprint density at radius 1 is 1.38 bits per heavy atom. The van der Waals surface area contributed by atoms with Crippen molar-refractivity contribution in [2.75, 3.05) is 31.6 Å². The highest BCUT2D eigenvalue weighted by atomic mass is 32.1. The zero-order valence-electron chi connectivity index (χ0n) is 13.4. The van der Waals surface area contributed by atoms with Gasteiger partial charge < -0.3 is 15.0 Å². The highest BCUT2D eigenvalue weighted by molar-refractivity contribution is 7.12. The second-order valence-corrected chi connectivity index (χ2v) is 7.44. The van der Waals surface area contributed by atoms with Gasteiger partial charge in [-0.25, -0.2) is 9.97 Å². The molecule has 2 aromatic rings. The van der Waals surface area contributed by atoms with E-state index in [0.717, 1.165) is 30.9 Å². The van der Waals surface area contributed by atoms with Gasteiger partial charge in [-0.05, 0) is 36.3 Å². The first-order valence-corrected chi connectivity index (χ1v) is 9.10. The van der Waals surface area contributed by atoms with E-state index in [1.807, 2.05) is 22.4 Å². The Kier molecular flexibility index (Phi) is 4.20. The number of nitrogens with one attached hydrogen (secondary N) is 1. The van der Waals surface area contributed by atoms with E-state index in [2.05, 4.69) is 15.3 Å². The van der Waals surface area contributed by atoms with E-state index >= 15 is 0 Å². The van der Waals surface area contributed by atoms with Crippen LogP contribution in [0.4, 0.5) is 5.95 Å². The minimum Gasteiger partial charge on any atom is -0.371 e. The molecule has 1 N–H and O–H groups in total. The molecule has 0 radical (unpaired) electrons. The quantitative estimate of drug-likeness (QED) is 0.922. The molecule has 2 aliphatic heterocycles. The van der Waals surface area contributed by atoms with Gasteiger partial charge in [0, 0.05) is 18.9 Å². The molecule has 0 aromatic carbocycles. The van der Waals surface area contributed by atoms with Gasteiger partial charge in [0.25, 0.3) is 5.91 Å². The average molecular weight is 344 g/mol. The summed E-state index contributed by atoms with van der Waals surface area (Å²) >= 11 is 1.50. The summed E-state index contributed by atoms with van der Waals surface area (Å²) in [7, 11) is 0. The standard InChI is InChI=1S/C17H20N4O2S/c22-15(14-3-1-8-24-14)21-11-17(12-21)5-4-13(10-23-17)9-20-16-18-6-2-7-19-16/h1-3,6-8,13H,4-5,9-12H2,(H,18,19,20)/t13-/m1/s1. The molecule has 2 aromatic heterocycles. The maximum Gasteiger partial charge on any atom is 0.264 e. The second kappa shape index (κ2) is 6.49. The summed E-state index contributed by atoms with van der Waals surface area (Å²) in [6.07, 6.45) is 5.56. The van der Waals surface area contributed by atoms with Gasteiger partial charge >= 0.3 is 0 Å². The Balaban J connectivity index is 1.23. The van der Waals surface area contributed by atoms with Crippen molar-refractivity contribution in [3.8, 4) is 0 Å². The van der Waals surface area contributed by atoms with Gasteiger partial charge in [0.15, 0.2) is 0 Å². The summed E-state index contributed by atoms with van der Waals surface area (Å²) in [6, 6.07) is 5.60. The van der Waals surface area contributed by atoms with Crippen molar-refractivity contribution in [2.45, 2.75) is 18.4 Å². The number of nitrogens with zero attached hydrogens (tertiary/aromatic N) is 3. The summed E-state index contributed by atoms with van der Waals surface area (Å²) in [6.45, 7) is 2.97. The molecule has 4 heterocycles. The highest BCUT2D eigenvalue weighted by Crippen LogP contribution is 2.37. The molecule has 0 saturated carbocycles. The maximum absolute atomic E-state index is 12.3. The number of anilines is 1. The fourth-order valence-electron chi connectivity index (χ4n) is 3.30. The van der Waals surface area contributed by atoms with E-state index in [0.29, 0.717) is 25.0 Å². The van der Waals surface area contributed by atoms with Crippen LogP contribution in [0.25, 0.3) is 0 Å². The number of ether oxygens (including phenoxy) is 1. The Morgan fingerprint density at radius 2 is 2.21 bits per heavy atom. The minimum absolute atomic E-state index is 0.118. The number of rotatable bonds is 4. The lowest BCUT2D eigenvalue weighted by atomic mass is 9.83. The number of hydrogen-bond donors (Lipinski definition) is 1. The third-order valence-electron chi connectivity index (χ3n) is 4.73. The van der Waals surface area contributed by atoms with Crippen LogP contribution in [0, 0.1) is 5.92 Å². The van der Waals surface area contributed by atoms with Gasteiger partial charge in [-0.2, -0.15) is 0 Å². The molecule has 1 atom stereocenters. The van der Waals surface area contributed by atoms with Crippen LogP contribution in [0.15, 0.2) is 36.0 Å². The first-order chi connectivity index (χ1) is 11.7. The summed E-state index contributed by atoms with van der Waals surface area (Å²) in [5.41, 5.74) is -0.118. The normalized spacial score (nSPS) is 22.2. The zero-order chi connectivity index (χ0) is 16.4. The lowest BCUT2D eigenvalue weighted by Crippen LogP contribution is -2.66. The van der Waals surface area contributed by atoms with E-state index in [-0.39, 0.29) is 11.5 Å². The molecule has 2 fully saturated rings. The van der Waals surface area contributed by atoms with Crippen LogP contribution in [0.5, 0.6) is 0 Å². The molecule has 2 saturated heterocycles. The molecule has 4 rings (SSSR count). The smallest absolute Gasteiger partial charge is 0.264 e. The first kappa shape index (κ1) is 15.5. The van der Waals surface area contributed by atoms with E-state index < -0.39 is 0 Å². The predicted octanol–water partition coefficient (Wildman–Crippen LogP) is 2.27. The van der Waals surface area contributed by atoms with Crippen molar-refractivity contribution in [1.82, 2.24) is 14.9 Å². The molecule has 7 heteroatoms. The number of aromatic nitrogens is 2. The fraction of sp³-hybridized carbons (Fsp3) is 0.471. The first-order valence-electron chi connectivity index (χ1n) is 8.22. The average Bonchev–Trinajstić information content (AvgIpc) is 3.13. The molecular weight excluding hydrogens is 324 g/mol. The highest BCUT2D eigenvalue weighted by Gasteiger charge is 2.48. The van der Waals surface area contributed by atoms with Gasteiger partial charge in [-0.15, -0.1) is 11.3 Å². The van der Waals surface area contributed by atoms with Gasteiger partial charge in [0.1, 0.15) is 5.60 Å². The summed E-state index contributed by atoms with van der Waals surface area (Å²) < 4.78 is 6.13. The number of likely N-dealkylation sites (tertiary alicyclic amines) is 1. The van der Waals surface area contributed by atoms with Crippen molar-refractivity contribution in [3.05, 3.63) is 40.8 Å². The number of amides is 1. The molecule has 2 aliphatic rings. The molecule has 0 bridgehead atoms. The van der Waals surface area contributed by atoms with Gasteiger partial charge in [-0.3, -0.25) is 4.79 Å². The van der Waals surface area contributed by atoms with Crippen LogP contribution < -0.4 is 5.32 Å². The number of carbonyl (C=O) groups is 1. The number of carbonyl (C=O) groups excluding carboxylic acids is 1. The zero-order valence-corrected chi connectivity index (χ0v) is 14.2. The van der Waals surface area contributed by atoms with Crippen LogP contribution in [0.3, 0.4) is 0 Å². The fourth-order valence-corrected chi connectivity index (χ4v) is 3.99. The number of thiophene rings is 1. The molecular formula is C17H20N4O2S. The van der Waals surface area contributed by atoms with Crippen LogP contribution in [0.2, 0.25) is 0 Å². The van der Waals surface area contributed by atoms with Crippen LogP contribution in [-0.4, -0.2) is 52.6 Å². The van der Waals surface area contributed by atoms with E-state index in [9.17, 15) is 4.79 Å². The minimum atomic E-state index is -0.118. The second-order valence-electron chi connectivity index (χ2n) is 6.49. The molecule has 1 spiro atoms. The van der Waals surface area contributed by atoms with Crippen LogP contribution >= 0.6 is 11.3 Å². The lowest BCUT2D eigenvalue weighted by molar-refractivity contribution is -0.165. The van der Waals surface area contributed by atoms with E-state index in [4.69, 9.17) is 4.74 Å². The molecule has 6 nitrogen and oxygen atoms in total. The monoisotopic (exact) mass is 344 g/mol. The lowest BCUT2D eigenvalue weighted by Gasteiger charge is -2.52. The van der Waals surface area contributed by atoms with Gasteiger partial charge in [0.2, 0.25) is 5.95 Å². The van der Waals surface area contributed by atoms with Crippen LogP contribution in [0.1, 0.15) is 22.5 Å². The van der Waals surface area contributed by atoms with E-state index in [1.54, 1.807) is 18.5 Å². The molecule has 126 valence electrons. The SMILES string of the molecule is O=C(c1cccs1)N1CC2(CC[C@H](CNc3ncccn3)CO2)C1. The largest absolute Gasteiger partial charge is 0.371 e. The Morgan fingerprint density at radius 3 is 2.88 bits per heavy atom. The Bertz CT molecular complexity index is 676. The van der Waals surface area contributed by atoms with Crippen molar-refractivity contribution in [3.63, 3.8) is 0 Å². The van der Waals surface area contributed by atoms with Gasteiger partial charge in [-0.1, -0.05) is 6.07 Å². The van der Waals surface area contributed by atoms with E-state index in [1.165, 1.54) is 11.3 Å². The summed E-state index contributed by atoms with van der Waals surface area (Å²) in [5.74, 6) is 1.25. The van der Waals surface area contributed by atoms with Crippen molar-refractivity contribution in [2.24, 2.45) is 5.92 Å². The Hall–Kier alpha value is -1.99. The summed E-state index contributed by atoms with van der Waals surface area (Å²) in [4.78, 5) is 23.3. The third kappa shape index (κ3) is 3.14. The van der Waals surface area contributed by atoms with Gasteiger partial charge in [0.05, 0.1) is 24.6 Å². The predicted molar refractivity (Wildman–Crippen MR) is 92.2 cm³/mol. The molecule has 1 amide bonds. The topological polar surface area (TPSA) is 67.4 Å². The number of hydrogen-bond acceptors (Lipinski definition) is 6. The van der Waals surface area contributed by atoms with Crippen molar-refractivity contribution < 1.29 is 9.53 Å². The Labute approximate surface area is 144 Å². The summed E-state index contributed by atoms with van der Waals surface area (Å²) in [5, 5.41) is 5.20.